The van der Waals surface area contributed by atoms with Crippen LogP contribution < -0.4 is 10.00 Å². The number of aromatic nitrogens is 3. The first kappa shape index (κ1) is 14.6. The van der Waals surface area contributed by atoms with Crippen molar-refractivity contribution >= 4 is 23.1 Å². The van der Waals surface area contributed by atoms with Gasteiger partial charge in [-0.25, -0.2) is 4.98 Å². The van der Waals surface area contributed by atoms with Crippen LogP contribution in [0.1, 0.15) is 37.6 Å². The number of nitrogens with one attached hydrogen (secondary N) is 1. The standard InChI is InChI=1S/C12H16N4O3S/c1-12(2,3)11(18)14-9-7(16(4)15-19-9)8(17)10-13-5-6-20-10/h5-6,8,17H,1-4H3/p+1. The predicted molar refractivity (Wildman–Crippen MR) is 71.9 cm³/mol. The molecule has 0 fully saturated rings. The van der Waals surface area contributed by atoms with Crippen LogP contribution >= 0.6 is 11.3 Å². The SMILES string of the molecule is C[n+]1noc(NC(=O)C(C)(C)C)c1C(O)c1nccs1. The lowest BCUT2D eigenvalue weighted by molar-refractivity contribution is -0.748. The number of hydrogen-bond donors (Lipinski definition) is 2. The third kappa shape index (κ3) is 2.86. The van der Waals surface area contributed by atoms with Crippen LogP contribution in [0.5, 0.6) is 0 Å². The smallest absolute Gasteiger partial charge is 0.309 e. The Bertz CT molecular complexity index is 601. The molecule has 0 radical (unpaired) electrons. The number of thiazole rings is 1. The molecule has 0 aliphatic heterocycles. The normalized spacial score (nSPS) is 13.2. The van der Waals surface area contributed by atoms with E-state index in [2.05, 4.69) is 15.6 Å². The van der Waals surface area contributed by atoms with Gasteiger partial charge in [-0.3, -0.25) is 14.6 Å². The Balaban J connectivity index is 2.31. The first-order valence-corrected chi connectivity index (χ1v) is 6.93. The second-order valence-electron chi connectivity index (χ2n) is 5.39. The third-order valence-corrected chi connectivity index (χ3v) is 3.52. The fourth-order valence-electron chi connectivity index (χ4n) is 1.50. The van der Waals surface area contributed by atoms with Gasteiger partial charge in [0.2, 0.25) is 11.2 Å². The van der Waals surface area contributed by atoms with Crippen molar-refractivity contribution in [3.63, 3.8) is 0 Å². The Kier molecular flexibility index (Phi) is 3.87. The van der Waals surface area contributed by atoms with Crippen molar-refractivity contribution in [2.45, 2.75) is 26.9 Å². The quantitative estimate of drug-likeness (QED) is 0.825. The second-order valence-corrected chi connectivity index (χ2v) is 6.31. The number of aliphatic hydroxyl groups is 1. The minimum Gasteiger partial charge on any atom is -0.375 e. The molecule has 0 saturated carbocycles. The molecular weight excluding hydrogens is 280 g/mol. The van der Waals surface area contributed by atoms with E-state index in [0.717, 1.165) is 0 Å². The molecule has 0 bridgehead atoms. The summed E-state index contributed by atoms with van der Waals surface area (Å²) in [5.74, 6) is -0.0861. The van der Waals surface area contributed by atoms with E-state index in [1.54, 1.807) is 39.4 Å². The largest absolute Gasteiger partial charge is 0.375 e. The zero-order valence-corrected chi connectivity index (χ0v) is 12.6. The van der Waals surface area contributed by atoms with Crippen molar-refractivity contribution in [1.82, 2.24) is 10.3 Å². The van der Waals surface area contributed by atoms with Crippen LogP contribution in [-0.4, -0.2) is 21.3 Å². The van der Waals surface area contributed by atoms with Crippen LogP contribution in [-0.2, 0) is 11.8 Å². The number of hydrogen-bond acceptors (Lipinski definition) is 6. The molecule has 1 unspecified atom stereocenters. The maximum absolute atomic E-state index is 12.0. The topological polar surface area (TPSA) is 92.1 Å². The molecule has 2 aromatic rings. The van der Waals surface area contributed by atoms with Gasteiger partial charge in [-0.1, -0.05) is 20.8 Å². The summed E-state index contributed by atoms with van der Waals surface area (Å²) in [5.41, 5.74) is -0.216. The Morgan fingerprint density at radius 2 is 2.25 bits per heavy atom. The highest BCUT2D eigenvalue weighted by Crippen LogP contribution is 2.27. The molecule has 2 rings (SSSR count). The van der Waals surface area contributed by atoms with Crippen LogP contribution in [0.3, 0.4) is 0 Å². The predicted octanol–water partition coefficient (Wildman–Crippen LogP) is 1.02. The molecule has 7 nitrogen and oxygen atoms in total. The second kappa shape index (κ2) is 5.29. The van der Waals surface area contributed by atoms with Crippen LogP contribution in [0.4, 0.5) is 5.88 Å². The molecule has 20 heavy (non-hydrogen) atoms. The highest BCUT2D eigenvalue weighted by Gasteiger charge is 2.34. The van der Waals surface area contributed by atoms with Gasteiger partial charge in [0.1, 0.15) is 5.01 Å². The summed E-state index contributed by atoms with van der Waals surface area (Å²) in [6.07, 6.45) is 0.603. The Morgan fingerprint density at radius 1 is 1.55 bits per heavy atom. The summed E-state index contributed by atoms with van der Waals surface area (Å²) in [6, 6.07) is 0. The number of rotatable bonds is 3. The van der Waals surface area contributed by atoms with E-state index >= 15 is 0 Å². The Labute approximate surface area is 120 Å². The summed E-state index contributed by atoms with van der Waals surface area (Å²) in [6.45, 7) is 5.36. The lowest BCUT2D eigenvalue weighted by Crippen LogP contribution is -2.37. The van der Waals surface area contributed by atoms with Crippen LogP contribution in [0.25, 0.3) is 0 Å². The first-order valence-electron chi connectivity index (χ1n) is 6.05. The number of carbonyl (C=O) groups excluding carboxylic acids is 1. The molecule has 2 heterocycles. The van der Waals surface area contributed by atoms with E-state index in [4.69, 9.17) is 4.52 Å². The average molecular weight is 297 g/mol. The number of aryl methyl sites for hydroxylation is 1. The van der Waals surface area contributed by atoms with Crippen molar-refractivity contribution < 1.29 is 19.1 Å². The van der Waals surface area contributed by atoms with Gasteiger partial charge in [0.05, 0.1) is 0 Å². The molecule has 0 aliphatic carbocycles. The summed E-state index contributed by atoms with van der Waals surface area (Å²) in [7, 11) is 1.63. The first-order chi connectivity index (χ1) is 9.30. The van der Waals surface area contributed by atoms with Crippen molar-refractivity contribution in [2.24, 2.45) is 12.5 Å². The van der Waals surface area contributed by atoms with Gasteiger partial charge >= 0.3 is 11.6 Å². The molecule has 108 valence electrons. The highest BCUT2D eigenvalue weighted by atomic mass is 32.1. The lowest BCUT2D eigenvalue weighted by atomic mass is 9.96. The monoisotopic (exact) mass is 297 g/mol. The maximum Gasteiger partial charge on any atom is 0.309 e. The van der Waals surface area contributed by atoms with E-state index in [0.29, 0.717) is 10.7 Å². The van der Waals surface area contributed by atoms with E-state index < -0.39 is 11.5 Å². The van der Waals surface area contributed by atoms with Crippen LogP contribution in [0.15, 0.2) is 16.1 Å². The minimum atomic E-state index is -0.999. The van der Waals surface area contributed by atoms with Crippen molar-refractivity contribution in [1.29, 1.82) is 0 Å². The van der Waals surface area contributed by atoms with Crippen molar-refractivity contribution in [3.8, 4) is 0 Å². The number of amides is 1. The number of anilines is 1. The molecule has 1 atom stereocenters. The van der Waals surface area contributed by atoms with E-state index in [1.165, 1.54) is 16.0 Å². The van der Waals surface area contributed by atoms with Crippen LogP contribution in [0.2, 0.25) is 0 Å². The molecule has 0 saturated heterocycles. The minimum absolute atomic E-state index is 0.134. The maximum atomic E-state index is 12.0. The molecule has 2 N–H and O–H groups in total. The summed E-state index contributed by atoms with van der Waals surface area (Å²) < 4.78 is 6.46. The Morgan fingerprint density at radius 3 is 2.80 bits per heavy atom. The molecule has 0 spiro atoms. The van der Waals surface area contributed by atoms with Gasteiger partial charge in [0.25, 0.3) is 0 Å². The fraction of sp³-hybridized carbons (Fsp3) is 0.500. The van der Waals surface area contributed by atoms with Gasteiger partial charge < -0.3 is 5.11 Å². The van der Waals surface area contributed by atoms with E-state index in [1.807, 2.05) is 0 Å². The summed E-state index contributed by atoms with van der Waals surface area (Å²) in [4.78, 5) is 16.1. The lowest BCUT2D eigenvalue weighted by Gasteiger charge is -2.15. The van der Waals surface area contributed by atoms with Crippen molar-refractivity contribution in [3.05, 3.63) is 22.3 Å². The van der Waals surface area contributed by atoms with Crippen molar-refractivity contribution in [2.75, 3.05) is 5.32 Å². The van der Waals surface area contributed by atoms with Gasteiger partial charge in [-0.15, -0.1) is 11.3 Å². The molecule has 0 aliphatic rings. The summed E-state index contributed by atoms with van der Waals surface area (Å²) in [5, 5.41) is 19.0. The summed E-state index contributed by atoms with van der Waals surface area (Å²) >= 11 is 1.31. The van der Waals surface area contributed by atoms with Gasteiger partial charge in [-0.05, 0) is 4.68 Å². The molecule has 1 amide bonds. The molecule has 8 heteroatoms. The van der Waals surface area contributed by atoms with Gasteiger partial charge in [-0.2, -0.15) is 0 Å². The van der Waals surface area contributed by atoms with E-state index in [-0.39, 0.29) is 11.8 Å². The highest BCUT2D eigenvalue weighted by molar-refractivity contribution is 7.09. The molecular formula is C12H17N4O3S+. The average Bonchev–Trinajstić information content (AvgIpc) is 2.97. The van der Waals surface area contributed by atoms with E-state index in [9.17, 15) is 9.90 Å². The zero-order valence-electron chi connectivity index (χ0n) is 11.7. The van der Waals surface area contributed by atoms with Gasteiger partial charge in [0.15, 0.2) is 13.2 Å². The van der Waals surface area contributed by atoms with Gasteiger partial charge in [0, 0.05) is 17.0 Å². The fourth-order valence-corrected chi connectivity index (χ4v) is 2.13. The number of carbonyl (C=O) groups is 1. The number of aliphatic hydroxyl groups excluding tert-OH is 1. The zero-order chi connectivity index (χ0) is 14.9. The number of nitrogens with zero attached hydrogens (tertiary/aromatic N) is 3. The molecule has 2 aromatic heterocycles. The Hall–Kier alpha value is -1.80. The third-order valence-electron chi connectivity index (χ3n) is 2.69. The molecule has 0 aromatic carbocycles. The van der Waals surface area contributed by atoms with Crippen LogP contribution in [0, 0.1) is 5.41 Å².